The van der Waals surface area contributed by atoms with Gasteiger partial charge in [0.2, 0.25) is 0 Å². The average Bonchev–Trinajstić information content (AvgIpc) is 3.66. The highest BCUT2D eigenvalue weighted by Crippen LogP contribution is 2.48. The highest BCUT2D eigenvalue weighted by atomic mass is 35.5. The molecule has 0 aliphatic carbocycles. The topological polar surface area (TPSA) is 116 Å². The van der Waals surface area contributed by atoms with E-state index in [-0.39, 0.29) is 27.6 Å². The highest BCUT2D eigenvalue weighted by Gasteiger charge is 2.32. The number of nitrogens with zero attached hydrogens (tertiary/aromatic N) is 6. The van der Waals surface area contributed by atoms with Crippen LogP contribution in [0.3, 0.4) is 0 Å². The van der Waals surface area contributed by atoms with Gasteiger partial charge in [-0.2, -0.15) is 0 Å². The molecule has 0 saturated carbocycles. The molecule has 2 aliphatic heterocycles. The Morgan fingerprint density at radius 1 is 0.870 bits per heavy atom. The van der Waals surface area contributed by atoms with E-state index in [0.717, 1.165) is 58.8 Å². The second-order valence-electron chi connectivity index (χ2n) is 18.2. The zero-order chi connectivity index (χ0) is 49.0. The van der Waals surface area contributed by atoms with Crippen molar-refractivity contribution in [1.82, 2.24) is 9.47 Å². The van der Waals surface area contributed by atoms with Crippen LogP contribution in [0, 0.1) is 22.9 Å². The van der Waals surface area contributed by atoms with Gasteiger partial charge in [0.05, 0.1) is 22.1 Å². The van der Waals surface area contributed by atoms with Crippen LogP contribution in [-0.4, -0.2) is 101 Å². The first-order valence-electron chi connectivity index (χ1n) is 23.3. The van der Waals surface area contributed by atoms with Crippen molar-refractivity contribution < 1.29 is 22.3 Å². The summed E-state index contributed by atoms with van der Waals surface area (Å²) in [6, 6.07) is 36.2. The minimum absolute atomic E-state index is 0.0101. The van der Waals surface area contributed by atoms with Crippen molar-refractivity contribution in [3.63, 3.8) is 0 Å². The maximum Gasteiger partial charge on any atom is 0.293 e. The zero-order valence-corrected chi connectivity index (χ0v) is 43.2. The maximum absolute atomic E-state index is 15.8. The number of thioether (sulfide) groups is 1. The molecule has 2 aliphatic rings. The summed E-state index contributed by atoms with van der Waals surface area (Å²) < 4.78 is 53.5. The molecule has 3 heterocycles. The number of nitrogens with one attached hydrogen (secondary N) is 1. The molecule has 1 unspecified atom stereocenters. The lowest BCUT2D eigenvalue weighted by Gasteiger charge is -2.38. The van der Waals surface area contributed by atoms with E-state index in [4.69, 9.17) is 16.1 Å². The van der Waals surface area contributed by atoms with Crippen LogP contribution in [0.15, 0.2) is 125 Å². The molecule has 364 valence electrons. The lowest BCUT2D eigenvalue weighted by atomic mass is 9.99. The Kier molecular flexibility index (Phi) is 15.9. The van der Waals surface area contributed by atoms with E-state index in [1.807, 2.05) is 88.0 Å². The van der Waals surface area contributed by atoms with Gasteiger partial charge in [0.15, 0.2) is 18.1 Å². The number of anilines is 4. The second kappa shape index (κ2) is 21.9. The van der Waals surface area contributed by atoms with E-state index < -0.39 is 24.0 Å². The van der Waals surface area contributed by atoms with Gasteiger partial charge >= 0.3 is 0 Å². The molecular weight excluding hydrogens is 952 g/mol. The first-order valence-corrected chi connectivity index (χ1v) is 27.7. The number of nitro groups is 1. The summed E-state index contributed by atoms with van der Waals surface area (Å²) in [5.41, 5.74) is 6.33. The molecule has 8 rings (SSSR count). The van der Waals surface area contributed by atoms with Crippen LogP contribution in [0.5, 0.6) is 0 Å². The van der Waals surface area contributed by atoms with Crippen molar-refractivity contribution in [2.45, 2.75) is 55.5 Å². The fourth-order valence-corrected chi connectivity index (χ4v) is 13.6. The SMILES string of the molecule is Cc1c(S(C)(=O)=O)c(-c2cc(F)cc(N3CCN(c4ccc(N5CCCOP5c5ccc(N[C@H](CCN(C)C)CSc6ccccc6)c([N+](=O)[O-])c5)cc4)CC3)c2)c(-c2ccc(Cl)cc2)n1C(C)C. The number of rotatable bonds is 17. The Balaban J connectivity index is 0.981. The summed E-state index contributed by atoms with van der Waals surface area (Å²) >= 11 is 8.02. The lowest BCUT2D eigenvalue weighted by Crippen LogP contribution is -2.46. The van der Waals surface area contributed by atoms with Crippen molar-refractivity contribution >= 4 is 75.2 Å². The molecule has 0 radical (unpaired) electrons. The van der Waals surface area contributed by atoms with E-state index in [2.05, 4.69) is 61.1 Å². The molecule has 1 aromatic heterocycles. The zero-order valence-electron chi connectivity index (χ0n) is 39.9. The normalized spacial score (nSPS) is 16.1. The standard InChI is InChI=1S/C52H60ClFN7O5PS2/c1-36(2)60-37(3)52(69(6,64)65)50(51(60)38-13-15-40(53)16-14-38)39-31-41(54)33-45(32-39)58-28-26-57(27-29-58)43-17-19-44(20-18-43)59-24-10-30-66-67(59)46-21-22-48(49(34-46)61(62)63)55-42(23-25-56(4)5)35-68-47-11-8-7-9-12-47/h7-9,11-22,31-34,36,42,55H,10,23-30,35H2,1-6H3/t42-,67?/m1/s1. The third-order valence-electron chi connectivity index (χ3n) is 12.6. The number of sulfone groups is 1. The van der Waals surface area contributed by atoms with Gasteiger partial charge in [-0.05, 0) is 144 Å². The van der Waals surface area contributed by atoms with Gasteiger partial charge in [0, 0.05) is 106 Å². The Morgan fingerprint density at radius 2 is 1.54 bits per heavy atom. The molecule has 2 fully saturated rings. The molecule has 2 saturated heterocycles. The first kappa shape index (κ1) is 50.2. The number of aromatic nitrogens is 1. The van der Waals surface area contributed by atoms with Crippen LogP contribution < -0.4 is 25.1 Å². The number of nitro benzene ring substituents is 1. The molecule has 69 heavy (non-hydrogen) atoms. The highest BCUT2D eigenvalue weighted by molar-refractivity contribution is 7.99. The summed E-state index contributed by atoms with van der Waals surface area (Å²) in [5.74, 6) is 0.315. The number of benzene rings is 5. The number of halogens is 2. The predicted octanol–water partition coefficient (Wildman–Crippen LogP) is 11.5. The van der Waals surface area contributed by atoms with Gasteiger partial charge in [0.1, 0.15) is 11.5 Å². The lowest BCUT2D eigenvalue weighted by molar-refractivity contribution is -0.383. The minimum Gasteiger partial charge on any atom is -0.376 e. The van der Waals surface area contributed by atoms with E-state index in [0.29, 0.717) is 71.7 Å². The smallest absolute Gasteiger partial charge is 0.293 e. The van der Waals surface area contributed by atoms with Crippen molar-refractivity contribution in [3.8, 4) is 22.4 Å². The number of piperazine rings is 1. The second-order valence-corrected chi connectivity index (χ2v) is 23.5. The fraction of sp³-hybridized carbons (Fsp3) is 0.346. The Bertz CT molecular complexity index is 2860. The Labute approximate surface area is 416 Å². The minimum atomic E-state index is -3.73. The van der Waals surface area contributed by atoms with Crippen molar-refractivity contribution in [2.24, 2.45) is 0 Å². The van der Waals surface area contributed by atoms with E-state index in [1.54, 1.807) is 30.0 Å². The summed E-state index contributed by atoms with van der Waals surface area (Å²) in [4.78, 5) is 20.2. The van der Waals surface area contributed by atoms with Crippen LogP contribution >= 0.6 is 31.7 Å². The molecule has 1 N–H and O–H groups in total. The van der Waals surface area contributed by atoms with Crippen LogP contribution in [0.4, 0.5) is 32.8 Å². The van der Waals surface area contributed by atoms with Crippen molar-refractivity contribution in [1.29, 1.82) is 0 Å². The van der Waals surface area contributed by atoms with Crippen LogP contribution in [0.1, 0.15) is 38.4 Å². The molecule has 6 aromatic rings. The predicted molar refractivity (Wildman–Crippen MR) is 285 cm³/mol. The van der Waals surface area contributed by atoms with E-state index in [1.165, 1.54) is 18.4 Å². The van der Waals surface area contributed by atoms with E-state index in [9.17, 15) is 18.5 Å². The molecule has 0 bridgehead atoms. The molecule has 17 heteroatoms. The summed E-state index contributed by atoms with van der Waals surface area (Å²) in [5, 5.41) is 17.5. The van der Waals surface area contributed by atoms with Gasteiger partial charge in [-0.25, -0.2) is 12.8 Å². The summed E-state index contributed by atoms with van der Waals surface area (Å²) in [7, 11) is -1.00. The van der Waals surface area contributed by atoms with Crippen molar-refractivity contribution in [2.75, 3.05) is 91.8 Å². The van der Waals surface area contributed by atoms with Crippen LogP contribution in [0.25, 0.3) is 22.4 Å². The number of hydrogen-bond acceptors (Lipinski definition) is 11. The molecule has 0 amide bonds. The largest absolute Gasteiger partial charge is 0.376 e. The third kappa shape index (κ3) is 11.7. The Morgan fingerprint density at radius 3 is 2.17 bits per heavy atom. The van der Waals surface area contributed by atoms with Gasteiger partial charge < -0.3 is 33.8 Å². The van der Waals surface area contributed by atoms with E-state index >= 15 is 4.39 Å². The monoisotopic (exact) mass is 1010 g/mol. The van der Waals surface area contributed by atoms with Crippen LogP contribution in [-0.2, 0) is 14.4 Å². The molecule has 12 nitrogen and oxygen atoms in total. The van der Waals surface area contributed by atoms with Gasteiger partial charge in [-0.1, -0.05) is 41.9 Å². The maximum atomic E-state index is 15.8. The van der Waals surface area contributed by atoms with Crippen LogP contribution in [0.2, 0.25) is 5.02 Å². The van der Waals surface area contributed by atoms with Gasteiger partial charge in [-0.3, -0.25) is 10.1 Å². The molecule has 0 spiro atoms. The number of hydrogen-bond donors (Lipinski definition) is 1. The molecular formula is C52H60ClFN7O5PS2. The first-order chi connectivity index (χ1) is 33.0. The molecule has 5 aromatic carbocycles. The summed E-state index contributed by atoms with van der Waals surface area (Å²) in [6.45, 7) is 10.6. The fourth-order valence-electron chi connectivity index (χ4n) is 9.33. The summed E-state index contributed by atoms with van der Waals surface area (Å²) in [6.07, 6.45) is 2.87. The van der Waals surface area contributed by atoms with Gasteiger partial charge in [0.25, 0.3) is 5.69 Å². The van der Waals surface area contributed by atoms with Crippen molar-refractivity contribution in [3.05, 3.63) is 142 Å². The average molecular weight is 1010 g/mol. The quantitative estimate of drug-likeness (QED) is 0.0407. The third-order valence-corrected chi connectivity index (χ3v) is 17.2. The van der Waals surface area contributed by atoms with Gasteiger partial charge in [-0.15, -0.1) is 11.8 Å². The molecule has 2 atom stereocenters. The Hall–Kier alpha value is -5.15.